The van der Waals surface area contributed by atoms with Crippen molar-refractivity contribution in [3.8, 4) is 0 Å². The SMILES string of the molecule is CN(C)C(=O)CN=C(NCC1CCOC1)NCC1CC(=O)N(C)C1c1ccccc1. The maximum atomic E-state index is 12.4. The number of guanidine groups is 1. The predicted molar refractivity (Wildman–Crippen MR) is 116 cm³/mol. The van der Waals surface area contributed by atoms with Gasteiger partial charge in [0, 0.05) is 59.1 Å². The molecule has 0 saturated carbocycles. The minimum atomic E-state index is -0.0572. The summed E-state index contributed by atoms with van der Waals surface area (Å²) in [6.07, 6.45) is 1.51. The lowest BCUT2D eigenvalue weighted by atomic mass is 9.94. The van der Waals surface area contributed by atoms with Gasteiger partial charge in [0.05, 0.1) is 12.6 Å². The van der Waals surface area contributed by atoms with E-state index < -0.39 is 0 Å². The van der Waals surface area contributed by atoms with E-state index in [4.69, 9.17) is 4.74 Å². The topological polar surface area (TPSA) is 86.3 Å². The van der Waals surface area contributed by atoms with Gasteiger partial charge >= 0.3 is 0 Å². The summed E-state index contributed by atoms with van der Waals surface area (Å²) in [5, 5.41) is 6.72. The average molecular weight is 416 g/mol. The maximum Gasteiger partial charge on any atom is 0.243 e. The number of benzene rings is 1. The third-order valence-corrected chi connectivity index (χ3v) is 5.82. The second-order valence-corrected chi connectivity index (χ2v) is 8.27. The van der Waals surface area contributed by atoms with Crippen LogP contribution in [0.3, 0.4) is 0 Å². The lowest BCUT2D eigenvalue weighted by Crippen LogP contribution is -2.43. The van der Waals surface area contributed by atoms with Gasteiger partial charge in [0.15, 0.2) is 5.96 Å². The van der Waals surface area contributed by atoms with Crippen molar-refractivity contribution < 1.29 is 14.3 Å². The summed E-state index contributed by atoms with van der Waals surface area (Å²) in [6, 6.07) is 10.1. The van der Waals surface area contributed by atoms with Gasteiger partial charge in [-0.3, -0.25) is 9.59 Å². The van der Waals surface area contributed by atoms with Crippen LogP contribution in [0.1, 0.15) is 24.4 Å². The molecule has 0 spiro atoms. The number of hydrogen-bond donors (Lipinski definition) is 2. The zero-order chi connectivity index (χ0) is 21.5. The van der Waals surface area contributed by atoms with Crippen LogP contribution in [0.25, 0.3) is 0 Å². The highest BCUT2D eigenvalue weighted by Crippen LogP contribution is 2.36. The number of rotatable bonds is 7. The molecule has 2 heterocycles. The summed E-state index contributed by atoms with van der Waals surface area (Å²) < 4.78 is 5.44. The van der Waals surface area contributed by atoms with Crippen molar-refractivity contribution in [2.45, 2.75) is 18.9 Å². The number of likely N-dealkylation sites (tertiary alicyclic amines) is 1. The lowest BCUT2D eigenvalue weighted by Gasteiger charge is -2.26. The molecular formula is C22H33N5O3. The maximum absolute atomic E-state index is 12.4. The molecule has 2 amide bonds. The Morgan fingerprint density at radius 3 is 2.63 bits per heavy atom. The minimum Gasteiger partial charge on any atom is -0.381 e. The Morgan fingerprint density at radius 1 is 1.23 bits per heavy atom. The molecule has 30 heavy (non-hydrogen) atoms. The number of amides is 2. The molecule has 2 N–H and O–H groups in total. The molecule has 8 heteroatoms. The average Bonchev–Trinajstić information content (AvgIpc) is 3.36. The van der Waals surface area contributed by atoms with Crippen LogP contribution in [0.5, 0.6) is 0 Å². The highest BCUT2D eigenvalue weighted by atomic mass is 16.5. The van der Waals surface area contributed by atoms with Crippen molar-refractivity contribution >= 4 is 17.8 Å². The van der Waals surface area contributed by atoms with Crippen molar-refractivity contribution in [1.29, 1.82) is 0 Å². The molecule has 0 bridgehead atoms. The van der Waals surface area contributed by atoms with Crippen LogP contribution < -0.4 is 10.6 Å². The fourth-order valence-electron chi connectivity index (χ4n) is 3.96. The van der Waals surface area contributed by atoms with Gasteiger partial charge in [-0.15, -0.1) is 0 Å². The molecule has 0 aromatic heterocycles. The van der Waals surface area contributed by atoms with E-state index in [1.807, 2.05) is 30.1 Å². The molecule has 8 nitrogen and oxygen atoms in total. The monoisotopic (exact) mass is 415 g/mol. The molecule has 2 aliphatic rings. The third-order valence-electron chi connectivity index (χ3n) is 5.82. The third kappa shape index (κ3) is 5.72. The summed E-state index contributed by atoms with van der Waals surface area (Å²) in [7, 11) is 5.31. The van der Waals surface area contributed by atoms with E-state index in [0.29, 0.717) is 24.8 Å². The standard InChI is InChI=1S/C22H33N5O3/c1-26(2)20(29)14-25-22(23-12-16-9-10-30-15-16)24-13-18-11-19(28)27(3)21(18)17-7-5-4-6-8-17/h4-8,16,18,21H,9-15H2,1-3H3,(H2,23,24,25). The first-order chi connectivity index (χ1) is 14.5. The first kappa shape index (κ1) is 22.1. The number of carbonyl (C=O) groups is 2. The van der Waals surface area contributed by atoms with E-state index in [1.165, 1.54) is 4.90 Å². The molecule has 2 aliphatic heterocycles. The lowest BCUT2D eigenvalue weighted by molar-refractivity contribution is -0.128. The number of hydrogen-bond acceptors (Lipinski definition) is 4. The smallest absolute Gasteiger partial charge is 0.243 e. The Kier molecular flexibility index (Phi) is 7.68. The number of nitrogens with zero attached hydrogens (tertiary/aromatic N) is 3. The van der Waals surface area contributed by atoms with Gasteiger partial charge in [0.1, 0.15) is 6.54 Å². The van der Waals surface area contributed by atoms with Gasteiger partial charge < -0.3 is 25.2 Å². The largest absolute Gasteiger partial charge is 0.381 e. The molecule has 164 valence electrons. The molecule has 0 aliphatic carbocycles. The Hall–Kier alpha value is -2.61. The van der Waals surface area contributed by atoms with E-state index in [-0.39, 0.29) is 30.3 Å². The van der Waals surface area contributed by atoms with E-state index >= 15 is 0 Å². The van der Waals surface area contributed by atoms with E-state index in [9.17, 15) is 9.59 Å². The summed E-state index contributed by atoms with van der Waals surface area (Å²) in [4.78, 5) is 32.2. The molecule has 1 aromatic rings. The molecule has 2 saturated heterocycles. The minimum absolute atomic E-state index is 0.0269. The number of aliphatic imine (C=N–C) groups is 1. The van der Waals surface area contributed by atoms with Crippen molar-refractivity contribution in [2.24, 2.45) is 16.8 Å². The van der Waals surface area contributed by atoms with Crippen molar-refractivity contribution in [1.82, 2.24) is 20.4 Å². The first-order valence-electron chi connectivity index (χ1n) is 10.6. The van der Waals surface area contributed by atoms with Crippen molar-refractivity contribution in [2.75, 3.05) is 54.0 Å². The Morgan fingerprint density at radius 2 is 1.97 bits per heavy atom. The van der Waals surface area contributed by atoms with Gasteiger partial charge in [-0.2, -0.15) is 0 Å². The fraction of sp³-hybridized carbons (Fsp3) is 0.591. The van der Waals surface area contributed by atoms with Crippen LogP contribution in [-0.2, 0) is 14.3 Å². The molecule has 3 unspecified atom stereocenters. The zero-order valence-electron chi connectivity index (χ0n) is 18.1. The van der Waals surface area contributed by atoms with Crippen molar-refractivity contribution in [3.63, 3.8) is 0 Å². The second kappa shape index (κ2) is 10.4. The summed E-state index contributed by atoms with van der Waals surface area (Å²) in [5.74, 6) is 1.26. The number of carbonyl (C=O) groups excluding carboxylic acids is 2. The van der Waals surface area contributed by atoms with Crippen LogP contribution >= 0.6 is 0 Å². The molecule has 3 atom stereocenters. The van der Waals surface area contributed by atoms with Crippen LogP contribution in [0.2, 0.25) is 0 Å². The van der Waals surface area contributed by atoms with Crippen LogP contribution in [0, 0.1) is 11.8 Å². The van der Waals surface area contributed by atoms with Crippen molar-refractivity contribution in [3.05, 3.63) is 35.9 Å². The normalized spacial score (nSPS) is 24.2. The zero-order valence-corrected chi connectivity index (χ0v) is 18.1. The first-order valence-corrected chi connectivity index (χ1v) is 10.6. The predicted octanol–water partition coefficient (Wildman–Crippen LogP) is 0.866. The molecule has 1 aromatic carbocycles. The quantitative estimate of drug-likeness (QED) is 0.510. The van der Waals surface area contributed by atoms with Crippen LogP contribution in [0.4, 0.5) is 0 Å². The Labute approximate surface area is 178 Å². The molecule has 3 rings (SSSR count). The number of ether oxygens (including phenoxy) is 1. The fourth-order valence-corrected chi connectivity index (χ4v) is 3.96. The molecule has 2 fully saturated rings. The molecule has 0 radical (unpaired) electrons. The molecular weight excluding hydrogens is 382 g/mol. The van der Waals surface area contributed by atoms with E-state index in [0.717, 1.165) is 31.7 Å². The summed E-state index contributed by atoms with van der Waals surface area (Å²) in [6.45, 7) is 2.96. The Balaban J connectivity index is 1.65. The number of likely N-dealkylation sites (N-methyl/N-ethyl adjacent to an activating group) is 1. The summed E-state index contributed by atoms with van der Waals surface area (Å²) >= 11 is 0. The van der Waals surface area contributed by atoms with E-state index in [2.05, 4.69) is 27.8 Å². The van der Waals surface area contributed by atoms with Gasteiger partial charge in [-0.25, -0.2) is 4.99 Å². The summed E-state index contributed by atoms with van der Waals surface area (Å²) in [5.41, 5.74) is 1.13. The van der Waals surface area contributed by atoms with Gasteiger partial charge in [0.2, 0.25) is 11.8 Å². The van der Waals surface area contributed by atoms with Crippen LogP contribution in [-0.4, -0.2) is 81.6 Å². The Bertz CT molecular complexity index is 746. The van der Waals surface area contributed by atoms with Gasteiger partial charge in [-0.1, -0.05) is 30.3 Å². The van der Waals surface area contributed by atoms with Gasteiger partial charge in [-0.05, 0) is 12.0 Å². The van der Waals surface area contributed by atoms with E-state index in [1.54, 1.807) is 14.1 Å². The second-order valence-electron chi connectivity index (χ2n) is 8.27. The highest BCUT2D eigenvalue weighted by molar-refractivity contribution is 5.85. The van der Waals surface area contributed by atoms with Crippen LogP contribution in [0.15, 0.2) is 35.3 Å². The number of nitrogens with one attached hydrogen (secondary N) is 2. The highest BCUT2D eigenvalue weighted by Gasteiger charge is 2.38. The van der Waals surface area contributed by atoms with Gasteiger partial charge in [0.25, 0.3) is 0 Å².